The number of hydrogen-bond donors (Lipinski definition) is 3. The summed E-state index contributed by atoms with van der Waals surface area (Å²) < 4.78 is 0. The molecule has 1 fully saturated rings. The molecule has 0 spiro atoms. The van der Waals surface area contributed by atoms with Crippen LogP contribution in [0.3, 0.4) is 0 Å². The van der Waals surface area contributed by atoms with E-state index in [1.807, 2.05) is 6.92 Å². The Morgan fingerprint density at radius 3 is 2.85 bits per heavy atom. The number of H-pyrrole nitrogens is 1. The molecule has 0 bridgehead atoms. The minimum Gasteiger partial charge on any atom is -0.396 e. The fourth-order valence-corrected chi connectivity index (χ4v) is 3.13. The topological polar surface area (TPSA) is 85.3 Å². The van der Waals surface area contributed by atoms with Crippen LogP contribution in [0, 0.1) is 5.41 Å². The lowest BCUT2D eigenvalue weighted by molar-refractivity contribution is -0.0824. The Morgan fingerprint density at radius 1 is 1.45 bits per heavy atom. The van der Waals surface area contributed by atoms with E-state index in [0.717, 1.165) is 37.5 Å². The Morgan fingerprint density at radius 2 is 2.25 bits per heavy atom. The second kappa shape index (κ2) is 6.65. The molecule has 1 saturated heterocycles. The van der Waals surface area contributed by atoms with E-state index in [4.69, 9.17) is 0 Å². The van der Waals surface area contributed by atoms with Crippen molar-refractivity contribution in [3.05, 3.63) is 11.6 Å². The smallest absolute Gasteiger partial charge is 0.150 e. The van der Waals surface area contributed by atoms with Gasteiger partial charge < -0.3 is 10.2 Å². The standard InChI is InChI=1S/C14H26N4O2/c1-3-6-14(10-19)9-18(7-5-11(14)20)8-13-15-12(4-2)16-17-13/h11,19-20H,3-10H2,1-2H3,(H,15,16,17)/t11-,14-/m0/s1. The lowest BCUT2D eigenvalue weighted by Gasteiger charge is -2.45. The molecular formula is C14H26N4O2. The Hall–Kier alpha value is -0.980. The number of hydrogen-bond acceptors (Lipinski definition) is 5. The monoisotopic (exact) mass is 282 g/mol. The van der Waals surface area contributed by atoms with Gasteiger partial charge in [-0.2, -0.15) is 5.10 Å². The zero-order chi connectivity index (χ0) is 14.6. The highest BCUT2D eigenvalue weighted by molar-refractivity contribution is 4.96. The number of aryl methyl sites for hydroxylation is 1. The molecule has 1 aromatic rings. The molecule has 1 aromatic heterocycles. The Balaban J connectivity index is 2.02. The SMILES string of the molecule is CCC[C@@]1(CO)CN(Cc2nc(CC)n[nH]2)CC[C@@H]1O. The molecule has 6 nitrogen and oxygen atoms in total. The first-order valence-corrected chi connectivity index (χ1v) is 7.55. The van der Waals surface area contributed by atoms with Gasteiger partial charge in [-0.05, 0) is 12.8 Å². The number of piperidine rings is 1. The predicted molar refractivity (Wildman–Crippen MR) is 76.1 cm³/mol. The van der Waals surface area contributed by atoms with Crippen LogP contribution in [0.4, 0.5) is 0 Å². The van der Waals surface area contributed by atoms with Crippen LogP contribution in [0.1, 0.15) is 44.8 Å². The van der Waals surface area contributed by atoms with Crippen molar-refractivity contribution in [2.75, 3.05) is 19.7 Å². The molecule has 6 heteroatoms. The molecule has 2 atom stereocenters. The third kappa shape index (κ3) is 3.19. The van der Waals surface area contributed by atoms with Crippen molar-refractivity contribution in [2.24, 2.45) is 5.41 Å². The summed E-state index contributed by atoms with van der Waals surface area (Å²) in [6, 6.07) is 0. The maximum absolute atomic E-state index is 10.3. The van der Waals surface area contributed by atoms with Crippen molar-refractivity contribution in [1.82, 2.24) is 20.1 Å². The third-order valence-electron chi connectivity index (χ3n) is 4.29. The highest BCUT2D eigenvalue weighted by Crippen LogP contribution is 2.35. The summed E-state index contributed by atoms with van der Waals surface area (Å²) in [6.45, 7) is 6.39. The van der Waals surface area contributed by atoms with E-state index >= 15 is 0 Å². The van der Waals surface area contributed by atoms with E-state index in [0.29, 0.717) is 19.5 Å². The van der Waals surface area contributed by atoms with Crippen LogP contribution in [0.15, 0.2) is 0 Å². The van der Waals surface area contributed by atoms with E-state index in [1.165, 1.54) is 0 Å². The van der Waals surface area contributed by atoms with Gasteiger partial charge in [0.2, 0.25) is 0 Å². The second-order valence-electron chi connectivity index (χ2n) is 5.84. The molecule has 20 heavy (non-hydrogen) atoms. The average molecular weight is 282 g/mol. The molecule has 0 saturated carbocycles. The Kier molecular flexibility index (Phi) is 5.12. The first-order chi connectivity index (χ1) is 9.63. The quantitative estimate of drug-likeness (QED) is 0.715. The highest BCUT2D eigenvalue weighted by atomic mass is 16.3. The first kappa shape index (κ1) is 15.4. The summed E-state index contributed by atoms with van der Waals surface area (Å²) in [5, 5.41) is 27.1. The fraction of sp³-hybridized carbons (Fsp3) is 0.857. The van der Waals surface area contributed by atoms with Crippen molar-refractivity contribution in [2.45, 2.75) is 52.2 Å². The number of aromatic amines is 1. The van der Waals surface area contributed by atoms with Crippen molar-refractivity contribution in [1.29, 1.82) is 0 Å². The molecule has 0 amide bonds. The molecule has 0 unspecified atom stereocenters. The van der Waals surface area contributed by atoms with Crippen LogP contribution in [-0.4, -0.2) is 56.1 Å². The van der Waals surface area contributed by atoms with Gasteiger partial charge >= 0.3 is 0 Å². The van der Waals surface area contributed by atoms with Crippen LogP contribution in [0.5, 0.6) is 0 Å². The van der Waals surface area contributed by atoms with Crippen molar-refractivity contribution >= 4 is 0 Å². The van der Waals surface area contributed by atoms with Crippen LogP contribution in [0.2, 0.25) is 0 Å². The van der Waals surface area contributed by atoms with Gasteiger partial charge in [0.15, 0.2) is 0 Å². The molecule has 0 radical (unpaired) electrons. The number of aliphatic hydroxyl groups excluding tert-OH is 2. The molecule has 0 aromatic carbocycles. The van der Waals surface area contributed by atoms with E-state index in [2.05, 4.69) is 27.0 Å². The summed E-state index contributed by atoms with van der Waals surface area (Å²) in [6.07, 6.45) is 2.93. The zero-order valence-corrected chi connectivity index (χ0v) is 12.5. The highest BCUT2D eigenvalue weighted by Gasteiger charge is 2.41. The fourth-order valence-electron chi connectivity index (χ4n) is 3.13. The number of likely N-dealkylation sites (tertiary alicyclic amines) is 1. The molecule has 1 aliphatic rings. The van der Waals surface area contributed by atoms with Crippen LogP contribution >= 0.6 is 0 Å². The van der Waals surface area contributed by atoms with Gasteiger partial charge in [-0.1, -0.05) is 20.3 Å². The zero-order valence-electron chi connectivity index (χ0n) is 12.5. The minimum absolute atomic E-state index is 0.0368. The minimum atomic E-state index is -0.412. The van der Waals surface area contributed by atoms with Gasteiger partial charge in [0.25, 0.3) is 0 Å². The molecule has 2 heterocycles. The van der Waals surface area contributed by atoms with Crippen molar-refractivity contribution in [3.8, 4) is 0 Å². The van der Waals surface area contributed by atoms with E-state index in [1.54, 1.807) is 0 Å². The molecular weight excluding hydrogens is 256 g/mol. The Labute approximate surface area is 120 Å². The van der Waals surface area contributed by atoms with Crippen LogP contribution in [-0.2, 0) is 13.0 Å². The van der Waals surface area contributed by atoms with Crippen molar-refractivity contribution < 1.29 is 10.2 Å². The number of rotatable bonds is 6. The van der Waals surface area contributed by atoms with Gasteiger partial charge in [0.1, 0.15) is 11.6 Å². The van der Waals surface area contributed by atoms with Crippen molar-refractivity contribution in [3.63, 3.8) is 0 Å². The van der Waals surface area contributed by atoms with E-state index in [9.17, 15) is 10.2 Å². The largest absolute Gasteiger partial charge is 0.396 e. The normalized spacial score (nSPS) is 27.9. The molecule has 0 aliphatic carbocycles. The first-order valence-electron chi connectivity index (χ1n) is 7.55. The number of aliphatic hydroxyl groups is 2. The predicted octanol–water partition coefficient (Wildman–Crippen LogP) is 0.712. The lowest BCUT2D eigenvalue weighted by atomic mass is 9.74. The number of nitrogens with one attached hydrogen (secondary N) is 1. The maximum Gasteiger partial charge on any atom is 0.150 e. The van der Waals surface area contributed by atoms with Gasteiger partial charge in [-0.25, -0.2) is 4.98 Å². The van der Waals surface area contributed by atoms with Gasteiger partial charge in [-0.15, -0.1) is 0 Å². The molecule has 2 rings (SSSR count). The second-order valence-corrected chi connectivity index (χ2v) is 5.84. The maximum atomic E-state index is 10.3. The third-order valence-corrected chi connectivity index (χ3v) is 4.29. The number of nitrogens with zero attached hydrogens (tertiary/aromatic N) is 3. The Bertz CT molecular complexity index is 423. The van der Waals surface area contributed by atoms with Crippen LogP contribution in [0.25, 0.3) is 0 Å². The molecule has 3 N–H and O–H groups in total. The molecule has 114 valence electrons. The van der Waals surface area contributed by atoms with Gasteiger partial charge in [0, 0.05) is 24.9 Å². The lowest BCUT2D eigenvalue weighted by Crippen LogP contribution is -2.53. The number of aromatic nitrogens is 3. The van der Waals surface area contributed by atoms with E-state index in [-0.39, 0.29) is 12.0 Å². The molecule has 1 aliphatic heterocycles. The van der Waals surface area contributed by atoms with Gasteiger partial charge in [-0.3, -0.25) is 10.00 Å². The summed E-state index contributed by atoms with van der Waals surface area (Å²) in [4.78, 5) is 6.68. The summed E-state index contributed by atoms with van der Waals surface area (Å²) in [7, 11) is 0. The summed E-state index contributed by atoms with van der Waals surface area (Å²) in [5.41, 5.74) is -0.388. The summed E-state index contributed by atoms with van der Waals surface area (Å²) >= 11 is 0. The van der Waals surface area contributed by atoms with Crippen LogP contribution < -0.4 is 0 Å². The summed E-state index contributed by atoms with van der Waals surface area (Å²) in [5.74, 6) is 1.70. The van der Waals surface area contributed by atoms with E-state index < -0.39 is 6.10 Å². The van der Waals surface area contributed by atoms with Gasteiger partial charge in [0.05, 0.1) is 19.3 Å². The average Bonchev–Trinajstić information content (AvgIpc) is 2.90.